The number of carbonyl (C=O) groups excluding carboxylic acids is 2. The van der Waals surface area contributed by atoms with Crippen LogP contribution < -0.4 is 10.6 Å². The van der Waals surface area contributed by atoms with E-state index in [1.807, 2.05) is 42.8 Å². The zero-order valence-electron chi connectivity index (χ0n) is 17.9. The Bertz CT molecular complexity index is 1060. The third kappa shape index (κ3) is 3.30. The number of nitrogens with zero attached hydrogens (tertiary/aromatic N) is 4. The first-order chi connectivity index (χ1) is 15.1. The maximum absolute atomic E-state index is 12.8. The smallest absolute Gasteiger partial charge is 0.233 e. The van der Waals surface area contributed by atoms with Crippen LogP contribution in [0.1, 0.15) is 19.2 Å². The number of fused-ring (bicyclic) bond motifs is 6. The van der Waals surface area contributed by atoms with Crippen molar-refractivity contribution in [2.24, 2.45) is 35.7 Å². The highest BCUT2D eigenvalue weighted by Gasteiger charge is 2.58. The molecule has 2 aliphatic carbocycles. The fraction of sp³-hybridized carbons (Fsp3) is 0.478. The lowest BCUT2D eigenvalue weighted by Crippen LogP contribution is -2.43. The van der Waals surface area contributed by atoms with E-state index in [0.717, 1.165) is 29.8 Å². The molecule has 2 aromatic rings. The van der Waals surface area contributed by atoms with E-state index in [2.05, 4.69) is 32.8 Å². The number of nitrogens with one attached hydrogen (secondary N) is 2. The summed E-state index contributed by atoms with van der Waals surface area (Å²) < 4.78 is 2.05. The van der Waals surface area contributed by atoms with Gasteiger partial charge in [0, 0.05) is 26.7 Å². The van der Waals surface area contributed by atoms with Gasteiger partial charge in [-0.05, 0) is 37.3 Å². The fourth-order valence-electron chi connectivity index (χ4n) is 5.30. The van der Waals surface area contributed by atoms with Crippen molar-refractivity contribution in [2.75, 3.05) is 19.6 Å². The van der Waals surface area contributed by atoms with Crippen molar-refractivity contribution in [1.29, 1.82) is 0 Å². The highest BCUT2D eigenvalue weighted by atomic mass is 16.2. The van der Waals surface area contributed by atoms with Crippen molar-refractivity contribution < 1.29 is 9.59 Å². The van der Waals surface area contributed by atoms with Crippen LogP contribution in [0, 0.1) is 23.7 Å². The molecule has 4 atom stereocenters. The predicted molar refractivity (Wildman–Crippen MR) is 118 cm³/mol. The van der Waals surface area contributed by atoms with E-state index in [-0.39, 0.29) is 35.5 Å². The van der Waals surface area contributed by atoms with Crippen molar-refractivity contribution in [2.45, 2.75) is 19.9 Å². The van der Waals surface area contributed by atoms with Gasteiger partial charge in [-0.3, -0.25) is 14.5 Å². The van der Waals surface area contributed by atoms with E-state index < -0.39 is 0 Å². The first kappa shape index (κ1) is 19.8. The number of guanidine groups is 1. The van der Waals surface area contributed by atoms with E-state index in [1.54, 1.807) is 0 Å². The summed E-state index contributed by atoms with van der Waals surface area (Å²) in [5.41, 5.74) is 2.03. The quantitative estimate of drug-likeness (QED) is 0.319. The summed E-state index contributed by atoms with van der Waals surface area (Å²) in [6.45, 7) is 3.98. The topological polar surface area (TPSA) is 91.6 Å². The largest absolute Gasteiger partial charge is 0.357 e. The lowest BCUT2D eigenvalue weighted by molar-refractivity contribution is -0.140. The van der Waals surface area contributed by atoms with Crippen molar-refractivity contribution >= 4 is 28.8 Å². The van der Waals surface area contributed by atoms with Crippen molar-refractivity contribution in [1.82, 2.24) is 25.1 Å². The maximum atomic E-state index is 12.8. The lowest BCUT2D eigenvalue weighted by Gasteiger charge is -2.18. The summed E-state index contributed by atoms with van der Waals surface area (Å²) in [7, 11) is 1.99. The average molecular weight is 421 g/mol. The molecule has 2 N–H and O–H groups in total. The van der Waals surface area contributed by atoms with Crippen LogP contribution in [0.3, 0.4) is 0 Å². The first-order valence-corrected chi connectivity index (χ1v) is 11.0. The summed E-state index contributed by atoms with van der Waals surface area (Å²) in [6, 6.07) is 8.01. The number of aryl methyl sites for hydroxylation is 1. The van der Waals surface area contributed by atoms with Gasteiger partial charge in [0.1, 0.15) is 12.4 Å². The average Bonchev–Trinajstić information content (AvgIpc) is 3.52. The number of aromatic nitrogens is 2. The Balaban J connectivity index is 1.21. The number of likely N-dealkylation sites (tertiary alicyclic amines) is 1. The second-order valence-electron chi connectivity index (χ2n) is 8.53. The zero-order chi connectivity index (χ0) is 21.5. The molecule has 2 amide bonds. The van der Waals surface area contributed by atoms with Crippen LogP contribution in [-0.4, -0.2) is 51.9 Å². The van der Waals surface area contributed by atoms with E-state index in [9.17, 15) is 9.59 Å². The van der Waals surface area contributed by atoms with E-state index in [1.165, 1.54) is 4.90 Å². The highest BCUT2D eigenvalue weighted by Crippen LogP contribution is 2.52. The molecule has 2 heterocycles. The van der Waals surface area contributed by atoms with Gasteiger partial charge in [-0.15, -0.1) is 0 Å². The Morgan fingerprint density at radius 3 is 2.52 bits per heavy atom. The van der Waals surface area contributed by atoms with E-state index in [4.69, 9.17) is 0 Å². The normalized spacial score (nSPS) is 26.9. The molecule has 8 heteroatoms. The van der Waals surface area contributed by atoms with Gasteiger partial charge in [-0.25, -0.2) is 9.98 Å². The molecule has 0 spiro atoms. The number of benzene rings is 1. The van der Waals surface area contributed by atoms with Crippen LogP contribution in [0.2, 0.25) is 0 Å². The summed E-state index contributed by atoms with van der Waals surface area (Å²) in [4.78, 5) is 36.4. The molecule has 5 rings (SSSR count). The van der Waals surface area contributed by atoms with Crippen molar-refractivity contribution in [3.05, 3.63) is 42.2 Å². The van der Waals surface area contributed by atoms with Gasteiger partial charge in [-0.2, -0.15) is 0 Å². The number of carbonyl (C=O) groups is 2. The standard InChI is InChI=1S/C23H28N6O2/c1-3-24-23(26-13-18-27-16-6-4-5-7-17(16)28(18)2)25-10-11-29-21(30)19-14-8-9-15(12-14)20(19)22(29)31/h4-9,14-15,19-20H,3,10-13H2,1-2H3,(H2,24,25,26). The van der Waals surface area contributed by atoms with Crippen molar-refractivity contribution in [3.63, 3.8) is 0 Å². The molecule has 0 radical (unpaired) electrons. The Hall–Kier alpha value is -3.16. The van der Waals surface area contributed by atoms with Crippen LogP contribution >= 0.6 is 0 Å². The van der Waals surface area contributed by atoms with Gasteiger partial charge in [0.15, 0.2) is 5.96 Å². The number of imidazole rings is 1. The molecule has 3 aliphatic rings. The number of hydrogen-bond acceptors (Lipinski definition) is 4. The van der Waals surface area contributed by atoms with Crippen LogP contribution in [0.5, 0.6) is 0 Å². The molecule has 1 aromatic heterocycles. The number of imide groups is 1. The summed E-state index contributed by atoms with van der Waals surface area (Å²) in [5, 5.41) is 6.48. The van der Waals surface area contributed by atoms with Crippen LogP contribution in [0.25, 0.3) is 11.0 Å². The van der Waals surface area contributed by atoms with Crippen molar-refractivity contribution in [3.8, 4) is 0 Å². The molecule has 162 valence electrons. The molecular weight excluding hydrogens is 392 g/mol. The SMILES string of the molecule is CCNC(=NCc1nc2ccccc2n1C)NCCN1C(=O)C2C3C=CC(C3)C2C1=O. The second-order valence-corrected chi connectivity index (χ2v) is 8.53. The maximum Gasteiger partial charge on any atom is 0.233 e. The van der Waals surface area contributed by atoms with Gasteiger partial charge in [0.25, 0.3) is 0 Å². The third-order valence-electron chi connectivity index (χ3n) is 6.79. The lowest BCUT2D eigenvalue weighted by atomic mass is 9.85. The minimum Gasteiger partial charge on any atom is -0.357 e. The minimum absolute atomic E-state index is 0.00436. The second kappa shape index (κ2) is 7.83. The molecule has 2 bridgehead atoms. The Kier molecular flexibility index (Phi) is 5.00. The third-order valence-corrected chi connectivity index (χ3v) is 6.79. The number of aliphatic imine (C=N–C) groups is 1. The number of para-hydroxylation sites is 2. The van der Waals surface area contributed by atoms with E-state index in [0.29, 0.717) is 25.6 Å². The number of amides is 2. The highest BCUT2D eigenvalue weighted by molar-refractivity contribution is 6.06. The van der Waals surface area contributed by atoms with Gasteiger partial charge < -0.3 is 15.2 Å². The fourth-order valence-corrected chi connectivity index (χ4v) is 5.30. The van der Waals surface area contributed by atoms with Gasteiger partial charge in [0.2, 0.25) is 11.8 Å². The molecule has 4 unspecified atom stereocenters. The Morgan fingerprint density at radius 1 is 1.13 bits per heavy atom. The molecule has 2 fully saturated rings. The van der Waals surface area contributed by atoms with E-state index >= 15 is 0 Å². The predicted octanol–water partition coefficient (Wildman–Crippen LogP) is 1.44. The summed E-state index contributed by atoms with van der Waals surface area (Å²) in [6.07, 6.45) is 5.20. The summed E-state index contributed by atoms with van der Waals surface area (Å²) >= 11 is 0. The molecule has 1 aliphatic heterocycles. The Morgan fingerprint density at radius 2 is 1.84 bits per heavy atom. The molecule has 31 heavy (non-hydrogen) atoms. The zero-order valence-corrected chi connectivity index (χ0v) is 17.9. The number of rotatable bonds is 6. The van der Waals surface area contributed by atoms with Gasteiger partial charge >= 0.3 is 0 Å². The van der Waals surface area contributed by atoms with Crippen LogP contribution in [-0.2, 0) is 23.2 Å². The molecule has 1 aromatic carbocycles. The molecule has 8 nitrogen and oxygen atoms in total. The number of allylic oxidation sites excluding steroid dienone is 2. The number of hydrogen-bond donors (Lipinski definition) is 2. The molecular formula is C23H28N6O2. The summed E-state index contributed by atoms with van der Waals surface area (Å²) in [5.74, 6) is 1.73. The monoisotopic (exact) mass is 420 g/mol. The Labute approximate surface area is 181 Å². The molecule has 1 saturated heterocycles. The minimum atomic E-state index is -0.137. The van der Waals surface area contributed by atoms with Gasteiger partial charge in [-0.1, -0.05) is 24.3 Å². The first-order valence-electron chi connectivity index (χ1n) is 11.0. The molecule has 1 saturated carbocycles. The van der Waals surface area contributed by atoms with Crippen LogP contribution in [0.4, 0.5) is 0 Å². The van der Waals surface area contributed by atoms with Gasteiger partial charge in [0.05, 0.1) is 22.9 Å². The van der Waals surface area contributed by atoms with Crippen LogP contribution in [0.15, 0.2) is 41.4 Å².